The fourth-order valence-corrected chi connectivity index (χ4v) is 2.84. The summed E-state index contributed by atoms with van der Waals surface area (Å²) in [7, 11) is 1.72. The highest BCUT2D eigenvalue weighted by Crippen LogP contribution is 2.35. The van der Waals surface area contributed by atoms with Gasteiger partial charge in [0.15, 0.2) is 0 Å². The van der Waals surface area contributed by atoms with Gasteiger partial charge in [-0.15, -0.1) is 13.2 Å². The number of rotatable bonds is 3. The molecular weight excluding hydrogens is 406 g/mol. The molecule has 0 atom stereocenters. The smallest absolute Gasteiger partial charge is 0.444 e. The number of nitrogens with zero attached hydrogens (tertiary/aromatic N) is 2. The number of anilines is 1. The van der Waals surface area contributed by atoms with Crippen LogP contribution in [-0.2, 0) is 11.8 Å². The zero-order valence-corrected chi connectivity index (χ0v) is 16.6. The van der Waals surface area contributed by atoms with Gasteiger partial charge in [-0.3, -0.25) is 5.32 Å². The van der Waals surface area contributed by atoms with Crippen molar-refractivity contribution in [3.05, 3.63) is 42.5 Å². The molecule has 0 aliphatic heterocycles. The number of hydrogen-bond acceptors (Lipinski definition) is 4. The molecule has 2 aromatic carbocycles. The molecule has 0 unspecified atom stereocenters. The number of hydrogen-bond donors (Lipinski definition) is 1. The number of carbonyl (C=O) groups excluding carboxylic acids is 1. The van der Waals surface area contributed by atoms with E-state index in [1.165, 1.54) is 12.4 Å². The van der Waals surface area contributed by atoms with Crippen molar-refractivity contribution in [2.75, 3.05) is 5.32 Å². The van der Waals surface area contributed by atoms with Crippen molar-refractivity contribution in [3.63, 3.8) is 0 Å². The van der Waals surface area contributed by atoms with Crippen molar-refractivity contribution in [3.8, 4) is 16.9 Å². The van der Waals surface area contributed by atoms with Crippen LogP contribution < -0.4 is 10.1 Å². The number of aryl methyl sites for hydroxylation is 1. The summed E-state index contributed by atoms with van der Waals surface area (Å²) >= 11 is 0. The quantitative estimate of drug-likeness (QED) is 0.553. The van der Waals surface area contributed by atoms with Gasteiger partial charge >= 0.3 is 12.5 Å². The molecule has 0 saturated carbocycles. The molecule has 160 valence electrons. The van der Waals surface area contributed by atoms with Gasteiger partial charge in [0.25, 0.3) is 0 Å². The average Bonchev–Trinajstić information content (AvgIpc) is 2.92. The summed E-state index contributed by atoms with van der Waals surface area (Å²) in [5.74, 6) is -1.61. The summed E-state index contributed by atoms with van der Waals surface area (Å²) < 4.78 is 62.5. The molecule has 0 bridgehead atoms. The van der Waals surface area contributed by atoms with Gasteiger partial charge in [-0.05, 0) is 45.0 Å². The Morgan fingerprint density at radius 2 is 1.80 bits per heavy atom. The van der Waals surface area contributed by atoms with Crippen LogP contribution in [0.4, 0.5) is 28.0 Å². The number of benzene rings is 2. The van der Waals surface area contributed by atoms with E-state index in [4.69, 9.17) is 4.74 Å². The minimum atomic E-state index is -4.93. The molecule has 0 spiro atoms. The highest BCUT2D eigenvalue weighted by atomic mass is 19.4. The molecule has 0 aliphatic rings. The Hall–Kier alpha value is -3.30. The number of nitrogens with one attached hydrogen (secondary N) is 1. The molecule has 1 amide bonds. The van der Waals surface area contributed by atoms with E-state index in [-0.39, 0.29) is 11.1 Å². The van der Waals surface area contributed by atoms with Crippen LogP contribution in [0.3, 0.4) is 0 Å². The number of amides is 1. The topological polar surface area (TPSA) is 65.4 Å². The molecule has 0 saturated heterocycles. The number of imidazole rings is 1. The van der Waals surface area contributed by atoms with E-state index in [1.54, 1.807) is 38.5 Å². The minimum Gasteiger partial charge on any atom is -0.444 e. The van der Waals surface area contributed by atoms with E-state index in [2.05, 4.69) is 15.0 Å². The van der Waals surface area contributed by atoms with Gasteiger partial charge in [0, 0.05) is 29.9 Å². The number of carbonyl (C=O) groups is 1. The molecule has 0 aliphatic carbocycles. The van der Waals surface area contributed by atoms with E-state index in [0.717, 1.165) is 12.1 Å². The first kappa shape index (κ1) is 21.4. The fraction of sp³-hybridized carbons (Fsp3) is 0.300. The van der Waals surface area contributed by atoms with E-state index < -0.39 is 29.6 Å². The number of alkyl halides is 3. The lowest BCUT2D eigenvalue weighted by Crippen LogP contribution is -2.27. The maximum Gasteiger partial charge on any atom is 0.573 e. The van der Waals surface area contributed by atoms with Crippen LogP contribution >= 0.6 is 0 Å². The molecular formula is C20H19F4N3O3. The molecule has 3 rings (SSSR count). The third-order valence-corrected chi connectivity index (χ3v) is 3.94. The lowest BCUT2D eigenvalue weighted by atomic mass is 10.0. The van der Waals surface area contributed by atoms with Crippen LogP contribution in [0.25, 0.3) is 22.2 Å². The Morgan fingerprint density at radius 3 is 2.40 bits per heavy atom. The third-order valence-electron chi connectivity index (χ3n) is 3.94. The Labute approximate surface area is 169 Å². The van der Waals surface area contributed by atoms with Crippen LogP contribution in [0.2, 0.25) is 0 Å². The number of halogens is 4. The molecule has 1 heterocycles. The van der Waals surface area contributed by atoms with Gasteiger partial charge in [0.1, 0.15) is 17.2 Å². The summed E-state index contributed by atoms with van der Waals surface area (Å²) in [5.41, 5.74) is 0.870. The predicted octanol–water partition coefficient (Wildman–Crippen LogP) is 5.63. The van der Waals surface area contributed by atoms with E-state index >= 15 is 0 Å². The Balaban J connectivity index is 2.04. The second kappa shape index (κ2) is 7.51. The van der Waals surface area contributed by atoms with Crippen molar-refractivity contribution in [1.29, 1.82) is 0 Å². The Morgan fingerprint density at radius 1 is 1.10 bits per heavy atom. The second-order valence-electron chi connectivity index (χ2n) is 7.56. The minimum absolute atomic E-state index is 0.000984. The van der Waals surface area contributed by atoms with Gasteiger partial charge in [-0.25, -0.2) is 14.2 Å². The first-order valence-electron chi connectivity index (χ1n) is 8.83. The van der Waals surface area contributed by atoms with Crippen LogP contribution in [0.15, 0.2) is 36.7 Å². The SMILES string of the molecule is Cn1cnc2c(-c3ccc(OC(F)(F)F)cc3F)cc(NC(=O)OC(C)(C)C)cc21. The molecule has 30 heavy (non-hydrogen) atoms. The Bertz CT molecular complexity index is 1100. The van der Waals surface area contributed by atoms with Crippen molar-refractivity contribution in [2.24, 2.45) is 7.05 Å². The number of fused-ring (bicyclic) bond motifs is 1. The first-order chi connectivity index (χ1) is 13.8. The molecule has 0 fully saturated rings. The average molecular weight is 425 g/mol. The van der Waals surface area contributed by atoms with E-state index in [9.17, 15) is 22.4 Å². The maximum absolute atomic E-state index is 14.7. The van der Waals surface area contributed by atoms with Crippen LogP contribution in [-0.4, -0.2) is 27.6 Å². The molecule has 10 heteroatoms. The number of ether oxygens (including phenoxy) is 2. The monoisotopic (exact) mass is 425 g/mol. The third kappa shape index (κ3) is 5.00. The maximum atomic E-state index is 14.7. The molecule has 1 N–H and O–H groups in total. The largest absolute Gasteiger partial charge is 0.573 e. The van der Waals surface area contributed by atoms with Crippen LogP contribution in [0.1, 0.15) is 20.8 Å². The molecule has 0 radical (unpaired) electrons. The molecule has 3 aromatic rings. The second-order valence-corrected chi connectivity index (χ2v) is 7.56. The van der Waals surface area contributed by atoms with Gasteiger partial charge in [0.05, 0.1) is 17.4 Å². The molecule has 6 nitrogen and oxygen atoms in total. The fourth-order valence-electron chi connectivity index (χ4n) is 2.84. The van der Waals surface area contributed by atoms with Crippen LogP contribution in [0.5, 0.6) is 5.75 Å². The standard InChI is InChI=1S/C20H19F4N3O3/c1-19(2,3)30-18(28)26-11-7-14(17-16(8-11)27(4)10-25-17)13-6-5-12(9-15(13)21)29-20(22,23)24/h5-10H,1-4H3,(H,26,28). The van der Waals surface area contributed by atoms with Gasteiger partial charge in [-0.2, -0.15) is 0 Å². The van der Waals surface area contributed by atoms with Crippen molar-refractivity contribution >= 4 is 22.8 Å². The zero-order chi connectivity index (χ0) is 22.3. The van der Waals surface area contributed by atoms with Crippen molar-refractivity contribution < 1.29 is 31.8 Å². The van der Waals surface area contributed by atoms with Crippen LogP contribution in [0, 0.1) is 5.82 Å². The molecule has 1 aromatic heterocycles. The van der Waals surface area contributed by atoms with Gasteiger partial charge in [-0.1, -0.05) is 0 Å². The lowest BCUT2D eigenvalue weighted by molar-refractivity contribution is -0.274. The van der Waals surface area contributed by atoms with Crippen molar-refractivity contribution in [1.82, 2.24) is 9.55 Å². The first-order valence-corrected chi connectivity index (χ1v) is 8.83. The summed E-state index contributed by atoms with van der Waals surface area (Å²) in [6.45, 7) is 5.13. The highest BCUT2D eigenvalue weighted by Gasteiger charge is 2.31. The van der Waals surface area contributed by atoms with Gasteiger partial charge in [0.2, 0.25) is 0 Å². The number of aromatic nitrogens is 2. The predicted molar refractivity (Wildman–Crippen MR) is 103 cm³/mol. The summed E-state index contributed by atoms with van der Waals surface area (Å²) in [6.07, 6.45) is -4.13. The van der Waals surface area contributed by atoms with Crippen molar-refractivity contribution in [2.45, 2.75) is 32.7 Å². The lowest BCUT2D eigenvalue weighted by Gasteiger charge is -2.20. The Kier molecular flexibility index (Phi) is 5.36. The van der Waals surface area contributed by atoms with E-state index in [0.29, 0.717) is 22.8 Å². The normalized spacial score (nSPS) is 12.1. The van der Waals surface area contributed by atoms with Gasteiger partial charge < -0.3 is 14.0 Å². The zero-order valence-electron chi connectivity index (χ0n) is 16.6. The summed E-state index contributed by atoms with van der Waals surface area (Å²) in [6, 6.07) is 5.92. The highest BCUT2D eigenvalue weighted by molar-refractivity contribution is 5.98. The van der Waals surface area contributed by atoms with E-state index in [1.807, 2.05) is 0 Å². The summed E-state index contributed by atoms with van der Waals surface area (Å²) in [5, 5.41) is 2.58. The summed E-state index contributed by atoms with van der Waals surface area (Å²) in [4.78, 5) is 16.4.